The molecule has 5 rings (SSSR count). The van der Waals surface area contributed by atoms with Gasteiger partial charge in [-0.3, -0.25) is 0 Å². The Labute approximate surface area is 178 Å². The van der Waals surface area contributed by atoms with Crippen LogP contribution in [0.2, 0.25) is 0 Å². The van der Waals surface area contributed by atoms with Crippen LogP contribution < -0.4 is 9.47 Å². The number of oxazole rings is 1. The zero-order chi connectivity index (χ0) is 20.7. The van der Waals surface area contributed by atoms with Crippen LogP contribution in [0.15, 0.2) is 80.9 Å². The summed E-state index contributed by atoms with van der Waals surface area (Å²) in [6.07, 6.45) is 0. The number of benzene rings is 3. The van der Waals surface area contributed by atoms with E-state index in [1.165, 1.54) is 9.79 Å². The van der Waals surface area contributed by atoms with Gasteiger partial charge in [0.2, 0.25) is 12.1 Å². The molecule has 150 valence electrons. The molecule has 30 heavy (non-hydrogen) atoms. The van der Waals surface area contributed by atoms with Gasteiger partial charge < -0.3 is 14.1 Å². The van der Waals surface area contributed by atoms with Gasteiger partial charge in [0.15, 0.2) is 0 Å². The second-order valence-electron chi connectivity index (χ2n) is 7.04. The normalized spacial score (nSPS) is 12.5. The molecule has 3 aromatic carbocycles. The number of nitrogens with zero attached hydrogens (tertiary/aromatic N) is 2. The third kappa shape index (κ3) is 3.13. The molecule has 1 aliphatic heterocycles. The zero-order valence-electron chi connectivity index (χ0n) is 16.8. The van der Waals surface area contributed by atoms with Crippen LogP contribution >= 0.6 is 11.8 Å². The Morgan fingerprint density at radius 1 is 1.03 bits per heavy atom. The lowest BCUT2D eigenvalue weighted by atomic mass is 10.1. The number of para-hydroxylation sites is 2. The molecule has 0 saturated carbocycles. The summed E-state index contributed by atoms with van der Waals surface area (Å²) in [4.78, 5) is 16.8. The highest BCUT2D eigenvalue weighted by Crippen LogP contribution is 2.51. The summed E-state index contributed by atoms with van der Waals surface area (Å²) in [6, 6.07) is 22.9. The molecule has 6 heteroatoms. The summed E-state index contributed by atoms with van der Waals surface area (Å²) < 4.78 is 12.9. The fraction of sp³-hybridized carbons (Fsp3) is 0.167. The molecule has 5 nitrogen and oxygen atoms in total. The van der Waals surface area contributed by atoms with Gasteiger partial charge in [0.25, 0.3) is 5.52 Å². The number of fused-ring (bicyclic) bond motifs is 3. The topological polar surface area (TPSA) is 46.6 Å². The maximum absolute atomic E-state index is 12.1. The van der Waals surface area contributed by atoms with Gasteiger partial charge in [-0.05, 0) is 43.3 Å². The van der Waals surface area contributed by atoms with Crippen LogP contribution in [0, 0.1) is 6.92 Å². The molecule has 0 radical (unpaired) electrons. The second-order valence-corrected chi connectivity index (χ2v) is 8.12. The number of hydrogen-bond acceptors (Lipinski definition) is 5. The molecule has 4 aromatic rings. The van der Waals surface area contributed by atoms with Gasteiger partial charge in [0, 0.05) is 15.9 Å². The largest absolute Gasteiger partial charge is 0.461 e. The van der Waals surface area contributed by atoms with E-state index in [1.807, 2.05) is 24.5 Å². The molecule has 0 aliphatic carbocycles. The van der Waals surface area contributed by atoms with Gasteiger partial charge in [-0.25, -0.2) is 4.79 Å². The van der Waals surface area contributed by atoms with Crippen molar-refractivity contribution < 1.29 is 18.5 Å². The summed E-state index contributed by atoms with van der Waals surface area (Å²) in [7, 11) is 0. The Balaban J connectivity index is 1.66. The Hall–Kier alpha value is -3.25. The summed E-state index contributed by atoms with van der Waals surface area (Å²) in [6.45, 7) is 4.16. The molecule has 1 aliphatic rings. The average Bonchev–Trinajstić information content (AvgIpc) is 3.06. The first-order valence-corrected chi connectivity index (χ1v) is 10.7. The molecule has 2 heterocycles. The van der Waals surface area contributed by atoms with Crippen molar-refractivity contribution in [1.82, 2.24) is 0 Å². The minimum atomic E-state index is -0.274. The molecule has 0 unspecified atom stereocenters. The highest BCUT2D eigenvalue weighted by atomic mass is 32.2. The lowest BCUT2D eigenvalue weighted by Crippen LogP contribution is -2.40. The van der Waals surface area contributed by atoms with Crippen molar-refractivity contribution in [2.75, 3.05) is 11.5 Å². The highest BCUT2D eigenvalue weighted by molar-refractivity contribution is 7.99. The van der Waals surface area contributed by atoms with E-state index in [0.717, 1.165) is 28.2 Å². The van der Waals surface area contributed by atoms with Crippen molar-refractivity contribution in [3.05, 3.63) is 72.6 Å². The summed E-state index contributed by atoms with van der Waals surface area (Å²) in [5.74, 6) is 0.397. The second kappa shape index (κ2) is 7.54. The number of carbonyl (C=O) groups excluding carboxylic acids is 1. The SMILES string of the molecule is CCOC(=O)C[n+]1c(C)oc2ccc(N3c4ccccc4Sc4ccccc43)cc21. The number of aromatic nitrogens is 1. The summed E-state index contributed by atoms with van der Waals surface area (Å²) in [5.41, 5.74) is 4.90. The third-order valence-corrected chi connectivity index (χ3v) is 6.28. The number of anilines is 3. The van der Waals surface area contributed by atoms with E-state index in [2.05, 4.69) is 65.6 Å². The van der Waals surface area contributed by atoms with Crippen LogP contribution in [0.3, 0.4) is 0 Å². The standard InChI is InChI=1S/C24H21N2O3S/c1-3-28-24(27)15-25-16(2)29-21-13-12-17(14-20(21)25)26-18-8-4-6-10-22(18)30-23-11-7-5-9-19(23)26/h4-14H,3,15H2,1-2H3/q+1. The molecule has 0 spiro atoms. The first-order chi connectivity index (χ1) is 14.7. The number of hydrogen-bond donors (Lipinski definition) is 0. The smallest absolute Gasteiger partial charge is 0.372 e. The van der Waals surface area contributed by atoms with Crippen molar-refractivity contribution in [2.24, 2.45) is 0 Å². The van der Waals surface area contributed by atoms with Crippen LogP contribution in [0.25, 0.3) is 11.1 Å². The monoisotopic (exact) mass is 417 g/mol. The Morgan fingerprint density at radius 2 is 1.70 bits per heavy atom. The van der Waals surface area contributed by atoms with E-state index in [4.69, 9.17) is 9.15 Å². The minimum absolute atomic E-state index is 0.124. The van der Waals surface area contributed by atoms with E-state index in [9.17, 15) is 4.79 Å². The van der Waals surface area contributed by atoms with Crippen molar-refractivity contribution in [2.45, 2.75) is 30.2 Å². The zero-order valence-corrected chi connectivity index (χ0v) is 17.6. The summed E-state index contributed by atoms with van der Waals surface area (Å²) in [5, 5.41) is 0. The quantitative estimate of drug-likeness (QED) is 0.284. The van der Waals surface area contributed by atoms with E-state index in [-0.39, 0.29) is 12.5 Å². The third-order valence-electron chi connectivity index (χ3n) is 5.15. The molecular weight excluding hydrogens is 396 g/mol. The molecule has 0 amide bonds. The van der Waals surface area contributed by atoms with Crippen molar-refractivity contribution in [3.63, 3.8) is 0 Å². The maximum Gasteiger partial charge on any atom is 0.372 e. The lowest BCUT2D eigenvalue weighted by Gasteiger charge is -2.32. The van der Waals surface area contributed by atoms with Gasteiger partial charge in [-0.1, -0.05) is 36.0 Å². The van der Waals surface area contributed by atoms with E-state index < -0.39 is 0 Å². The van der Waals surface area contributed by atoms with Crippen LogP contribution in [0.5, 0.6) is 0 Å². The Morgan fingerprint density at radius 3 is 2.37 bits per heavy atom. The van der Waals surface area contributed by atoms with Gasteiger partial charge in [0.1, 0.15) is 0 Å². The van der Waals surface area contributed by atoms with E-state index in [1.54, 1.807) is 11.8 Å². The number of aryl methyl sites for hydroxylation is 1. The van der Waals surface area contributed by atoms with Crippen LogP contribution in [0.1, 0.15) is 12.8 Å². The molecule has 0 bridgehead atoms. The van der Waals surface area contributed by atoms with Crippen molar-refractivity contribution in [1.29, 1.82) is 0 Å². The van der Waals surface area contributed by atoms with Crippen LogP contribution in [-0.4, -0.2) is 12.6 Å². The molecule has 0 fully saturated rings. The molecule has 0 saturated heterocycles. The molecule has 0 atom stereocenters. The summed E-state index contributed by atoms with van der Waals surface area (Å²) >= 11 is 1.78. The minimum Gasteiger partial charge on any atom is -0.461 e. The Kier molecular flexibility index (Phi) is 4.71. The molecule has 0 N–H and O–H groups in total. The first kappa shape index (κ1) is 18.8. The molecular formula is C24H21N2O3S+. The number of ether oxygens (including phenoxy) is 1. The fourth-order valence-corrected chi connectivity index (χ4v) is 4.90. The van der Waals surface area contributed by atoms with Gasteiger partial charge >= 0.3 is 11.9 Å². The average molecular weight is 418 g/mol. The predicted octanol–water partition coefficient (Wildman–Crippen LogP) is 5.53. The predicted molar refractivity (Wildman–Crippen MR) is 117 cm³/mol. The van der Waals surface area contributed by atoms with Crippen LogP contribution in [-0.2, 0) is 16.1 Å². The van der Waals surface area contributed by atoms with Crippen molar-refractivity contribution in [3.8, 4) is 0 Å². The first-order valence-electron chi connectivity index (χ1n) is 9.90. The number of esters is 1. The van der Waals surface area contributed by atoms with Gasteiger partial charge in [-0.15, -0.1) is 4.57 Å². The Bertz CT molecular complexity index is 1220. The van der Waals surface area contributed by atoms with Crippen LogP contribution in [0.4, 0.5) is 17.1 Å². The lowest BCUT2D eigenvalue weighted by molar-refractivity contribution is -0.671. The van der Waals surface area contributed by atoms with Gasteiger partial charge in [0.05, 0.1) is 30.6 Å². The van der Waals surface area contributed by atoms with Crippen molar-refractivity contribution >= 4 is 45.9 Å². The molecule has 1 aromatic heterocycles. The number of rotatable bonds is 4. The maximum atomic E-state index is 12.1. The fourth-order valence-electron chi connectivity index (χ4n) is 3.84. The highest BCUT2D eigenvalue weighted by Gasteiger charge is 2.28. The van der Waals surface area contributed by atoms with Gasteiger partial charge in [-0.2, -0.15) is 0 Å². The number of carbonyl (C=O) groups is 1. The van der Waals surface area contributed by atoms with E-state index in [0.29, 0.717) is 12.5 Å². The van der Waals surface area contributed by atoms with E-state index >= 15 is 0 Å².